The van der Waals surface area contributed by atoms with Gasteiger partial charge in [-0.15, -0.1) is 0 Å². The standard InChI is InChI=1S/C14H20FN3O/c1-2-12(16)14(10-3-5-11(15)6-4-10)18-8-7-17-13(19)9-18/h3-6,12,14H,2,7-9,16H2,1H3,(H,17,19). The maximum absolute atomic E-state index is 13.0. The van der Waals surface area contributed by atoms with Crippen molar-refractivity contribution in [2.24, 2.45) is 5.73 Å². The Morgan fingerprint density at radius 3 is 2.68 bits per heavy atom. The summed E-state index contributed by atoms with van der Waals surface area (Å²) in [5.41, 5.74) is 7.16. The molecule has 0 aliphatic carbocycles. The van der Waals surface area contributed by atoms with Crippen molar-refractivity contribution in [1.82, 2.24) is 10.2 Å². The number of nitrogens with two attached hydrogens (primary N) is 1. The predicted octanol–water partition coefficient (Wildman–Crippen LogP) is 1.04. The minimum absolute atomic E-state index is 0.0154. The first-order valence-electron chi connectivity index (χ1n) is 6.63. The highest BCUT2D eigenvalue weighted by atomic mass is 19.1. The first-order valence-corrected chi connectivity index (χ1v) is 6.63. The van der Waals surface area contributed by atoms with E-state index in [1.807, 2.05) is 6.92 Å². The van der Waals surface area contributed by atoms with Crippen molar-refractivity contribution in [1.29, 1.82) is 0 Å². The Hall–Kier alpha value is -1.46. The molecule has 1 aromatic carbocycles. The molecule has 1 aliphatic rings. The number of halogens is 1. The molecule has 0 bridgehead atoms. The molecule has 0 radical (unpaired) electrons. The molecule has 0 saturated carbocycles. The van der Waals surface area contributed by atoms with Crippen molar-refractivity contribution in [2.45, 2.75) is 25.4 Å². The third-order valence-electron chi connectivity index (χ3n) is 3.55. The molecular formula is C14H20FN3O. The molecule has 1 amide bonds. The van der Waals surface area contributed by atoms with Crippen LogP contribution in [0.15, 0.2) is 24.3 Å². The summed E-state index contributed by atoms with van der Waals surface area (Å²) in [7, 11) is 0. The van der Waals surface area contributed by atoms with Gasteiger partial charge in [0.05, 0.1) is 12.6 Å². The van der Waals surface area contributed by atoms with E-state index in [0.29, 0.717) is 13.1 Å². The maximum atomic E-state index is 13.0. The largest absolute Gasteiger partial charge is 0.354 e. The molecule has 2 rings (SSSR count). The number of piperazine rings is 1. The second-order valence-corrected chi connectivity index (χ2v) is 4.89. The molecule has 1 aromatic rings. The van der Waals surface area contributed by atoms with Crippen molar-refractivity contribution in [3.05, 3.63) is 35.6 Å². The summed E-state index contributed by atoms with van der Waals surface area (Å²) in [5, 5.41) is 2.80. The first kappa shape index (κ1) is 14.0. The summed E-state index contributed by atoms with van der Waals surface area (Å²) in [6.45, 7) is 3.76. The Bertz CT molecular complexity index is 435. The van der Waals surface area contributed by atoms with Crippen molar-refractivity contribution in [2.75, 3.05) is 19.6 Å². The van der Waals surface area contributed by atoms with Gasteiger partial charge in [-0.2, -0.15) is 0 Å². The van der Waals surface area contributed by atoms with Gasteiger partial charge in [-0.3, -0.25) is 9.69 Å². The third-order valence-corrected chi connectivity index (χ3v) is 3.55. The van der Waals surface area contributed by atoms with Gasteiger partial charge in [0, 0.05) is 19.1 Å². The van der Waals surface area contributed by atoms with Gasteiger partial charge in [0.15, 0.2) is 0 Å². The van der Waals surface area contributed by atoms with Gasteiger partial charge in [0.2, 0.25) is 5.91 Å². The Kier molecular flexibility index (Phi) is 4.50. The fraction of sp³-hybridized carbons (Fsp3) is 0.500. The summed E-state index contributed by atoms with van der Waals surface area (Å²) >= 11 is 0. The molecular weight excluding hydrogens is 245 g/mol. The summed E-state index contributed by atoms with van der Waals surface area (Å²) in [4.78, 5) is 13.6. The maximum Gasteiger partial charge on any atom is 0.234 e. The molecule has 104 valence electrons. The number of carbonyl (C=O) groups excluding carboxylic acids is 1. The van der Waals surface area contributed by atoms with Gasteiger partial charge in [-0.25, -0.2) is 4.39 Å². The van der Waals surface area contributed by atoms with E-state index in [1.54, 1.807) is 12.1 Å². The van der Waals surface area contributed by atoms with Crippen LogP contribution in [0.2, 0.25) is 0 Å². The second-order valence-electron chi connectivity index (χ2n) is 4.89. The zero-order chi connectivity index (χ0) is 13.8. The van der Waals surface area contributed by atoms with Gasteiger partial charge in [0.25, 0.3) is 0 Å². The lowest BCUT2D eigenvalue weighted by Crippen LogP contribution is -2.52. The highest BCUT2D eigenvalue weighted by Gasteiger charge is 2.29. The van der Waals surface area contributed by atoms with Gasteiger partial charge in [-0.05, 0) is 24.1 Å². The van der Waals surface area contributed by atoms with E-state index in [-0.39, 0.29) is 23.8 Å². The van der Waals surface area contributed by atoms with E-state index in [2.05, 4.69) is 10.2 Å². The molecule has 2 unspecified atom stereocenters. The van der Waals surface area contributed by atoms with E-state index in [4.69, 9.17) is 5.73 Å². The fourth-order valence-corrected chi connectivity index (χ4v) is 2.51. The lowest BCUT2D eigenvalue weighted by molar-refractivity contribution is -0.125. The van der Waals surface area contributed by atoms with Crippen LogP contribution in [-0.2, 0) is 4.79 Å². The molecule has 1 aliphatic heterocycles. The first-order chi connectivity index (χ1) is 9.11. The molecule has 1 saturated heterocycles. The third kappa shape index (κ3) is 3.30. The predicted molar refractivity (Wildman–Crippen MR) is 72.0 cm³/mol. The number of benzene rings is 1. The number of carbonyl (C=O) groups is 1. The molecule has 0 aromatic heterocycles. The quantitative estimate of drug-likeness (QED) is 0.855. The van der Waals surface area contributed by atoms with Crippen LogP contribution in [0, 0.1) is 5.82 Å². The van der Waals surface area contributed by atoms with Crippen LogP contribution in [0.4, 0.5) is 4.39 Å². The number of rotatable bonds is 4. The van der Waals surface area contributed by atoms with Crippen molar-refractivity contribution < 1.29 is 9.18 Å². The summed E-state index contributed by atoms with van der Waals surface area (Å²) in [6.07, 6.45) is 0.806. The van der Waals surface area contributed by atoms with Crippen molar-refractivity contribution >= 4 is 5.91 Å². The lowest BCUT2D eigenvalue weighted by atomic mass is 9.95. The molecule has 5 heteroatoms. The highest BCUT2D eigenvalue weighted by molar-refractivity contribution is 5.78. The van der Waals surface area contributed by atoms with E-state index in [0.717, 1.165) is 18.5 Å². The van der Waals surface area contributed by atoms with Crippen LogP contribution in [0.25, 0.3) is 0 Å². The lowest BCUT2D eigenvalue weighted by Gasteiger charge is -2.37. The van der Waals surface area contributed by atoms with Crippen LogP contribution in [0.3, 0.4) is 0 Å². The number of amides is 1. The van der Waals surface area contributed by atoms with Gasteiger partial charge in [0.1, 0.15) is 5.82 Å². The fourth-order valence-electron chi connectivity index (χ4n) is 2.51. The monoisotopic (exact) mass is 265 g/mol. The average molecular weight is 265 g/mol. The number of nitrogens with zero attached hydrogens (tertiary/aromatic N) is 1. The normalized spacial score (nSPS) is 19.8. The van der Waals surface area contributed by atoms with Crippen LogP contribution in [-0.4, -0.2) is 36.5 Å². The Morgan fingerprint density at radius 1 is 1.42 bits per heavy atom. The Labute approximate surface area is 112 Å². The minimum atomic E-state index is -0.260. The van der Waals surface area contributed by atoms with E-state index >= 15 is 0 Å². The number of nitrogens with one attached hydrogen (secondary N) is 1. The van der Waals surface area contributed by atoms with Gasteiger partial charge < -0.3 is 11.1 Å². The molecule has 2 atom stereocenters. The molecule has 1 fully saturated rings. The van der Waals surface area contributed by atoms with Crippen LogP contribution in [0.1, 0.15) is 24.9 Å². The summed E-state index contributed by atoms with van der Waals surface area (Å²) < 4.78 is 13.0. The Morgan fingerprint density at radius 2 is 2.11 bits per heavy atom. The zero-order valence-corrected chi connectivity index (χ0v) is 11.1. The van der Waals surface area contributed by atoms with Crippen molar-refractivity contribution in [3.8, 4) is 0 Å². The van der Waals surface area contributed by atoms with E-state index < -0.39 is 0 Å². The average Bonchev–Trinajstić information content (AvgIpc) is 2.41. The number of hydrogen-bond acceptors (Lipinski definition) is 3. The molecule has 1 heterocycles. The van der Waals surface area contributed by atoms with E-state index in [1.165, 1.54) is 12.1 Å². The second kappa shape index (κ2) is 6.12. The molecule has 19 heavy (non-hydrogen) atoms. The zero-order valence-electron chi connectivity index (χ0n) is 11.1. The molecule has 4 nitrogen and oxygen atoms in total. The highest BCUT2D eigenvalue weighted by Crippen LogP contribution is 2.25. The van der Waals surface area contributed by atoms with Gasteiger partial charge in [-0.1, -0.05) is 19.1 Å². The van der Waals surface area contributed by atoms with Crippen LogP contribution >= 0.6 is 0 Å². The summed E-state index contributed by atoms with van der Waals surface area (Å²) in [5.74, 6) is -0.245. The minimum Gasteiger partial charge on any atom is -0.354 e. The SMILES string of the molecule is CCC(N)C(c1ccc(F)cc1)N1CCNC(=O)C1. The summed E-state index contributed by atoms with van der Waals surface area (Å²) in [6, 6.07) is 6.26. The van der Waals surface area contributed by atoms with Crippen LogP contribution in [0.5, 0.6) is 0 Å². The molecule has 0 spiro atoms. The number of hydrogen-bond donors (Lipinski definition) is 2. The molecule has 3 N–H and O–H groups in total. The topological polar surface area (TPSA) is 58.4 Å². The van der Waals surface area contributed by atoms with Crippen LogP contribution < -0.4 is 11.1 Å². The Balaban J connectivity index is 2.24. The van der Waals surface area contributed by atoms with Gasteiger partial charge >= 0.3 is 0 Å². The van der Waals surface area contributed by atoms with Crippen molar-refractivity contribution in [3.63, 3.8) is 0 Å². The van der Waals surface area contributed by atoms with E-state index in [9.17, 15) is 9.18 Å². The smallest absolute Gasteiger partial charge is 0.234 e.